The molecule has 0 radical (unpaired) electrons. The highest BCUT2D eigenvalue weighted by Gasteiger charge is 2.02. The summed E-state index contributed by atoms with van der Waals surface area (Å²) in [6, 6.07) is 9.58. The van der Waals surface area contributed by atoms with Crippen molar-refractivity contribution in [1.29, 1.82) is 0 Å². The fraction of sp³-hybridized carbons (Fsp3) is 0.333. The summed E-state index contributed by atoms with van der Waals surface area (Å²) in [5.41, 5.74) is 1.00. The molecule has 0 heterocycles. The molecule has 1 aromatic rings. The number of halogens is 1. The molecule has 0 aliphatic heterocycles. The molecule has 11 heavy (non-hydrogen) atoms. The second kappa shape index (κ2) is 4.09. The number of ether oxygens (including phenoxy) is 1. The standard InChI is InChI=1S/C9H11FO/c1-8(11-7-10)9-5-3-2-4-6-9/h2-6,8H,7H2,1H3. The number of alkyl halides is 1. The van der Waals surface area contributed by atoms with E-state index >= 15 is 0 Å². The Bertz CT molecular complexity index is 198. The first kappa shape index (κ1) is 8.21. The Labute approximate surface area is 65.8 Å². The van der Waals surface area contributed by atoms with E-state index in [9.17, 15) is 4.39 Å². The monoisotopic (exact) mass is 154 g/mol. The Hall–Kier alpha value is -0.890. The van der Waals surface area contributed by atoms with Gasteiger partial charge in [0.2, 0.25) is 0 Å². The minimum atomic E-state index is -0.726. The molecular formula is C9H11FO. The zero-order valence-electron chi connectivity index (χ0n) is 6.46. The number of rotatable bonds is 3. The van der Waals surface area contributed by atoms with Crippen molar-refractivity contribution in [3.63, 3.8) is 0 Å². The Morgan fingerprint density at radius 3 is 2.55 bits per heavy atom. The van der Waals surface area contributed by atoms with Gasteiger partial charge in [0.15, 0.2) is 6.86 Å². The van der Waals surface area contributed by atoms with Crippen LogP contribution in [0.3, 0.4) is 0 Å². The number of benzene rings is 1. The van der Waals surface area contributed by atoms with Crippen molar-refractivity contribution in [3.05, 3.63) is 35.9 Å². The zero-order chi connectivity index (χ0) is 8.10. The predicted octanol–water partition coefficient (Wildman–Crippen LogP) is 2.69. The maximum absolute atomic E-state index is 11.7. The van der Waals surface area contributed by atoms with Crippen molar-refractivity contribution in [3.8, 4) is 0 Å². The molecule has 1 rings (SSSR count). The van der Waals surface area contributed by atoms with Crippen molar-refractivity contribution in [2.24, 2.45) is 0 Å². The van der Waals surface area contributed by atoms with Crippen molar-refractivity contribution < 1.29 is 9.13 Å². The lowest BCUT2D eigenvalue weighted by Gasteiger charge is -2.09. The minimum Gasteiger partial charge on any atom is -0.343 e. The number of hydrogen-bond acceptors (Lipinski definition) is 1. The Morgan fingerprint density at radius 2 is 2.00 bits per heavy atom. The molecule has 1 nitrogen and oxygen atoms in total. The molecule has 1 atom stereocenters. The summed E-state index contributed by atoms with van der Waals surface area (Å²) >= 11 is 0. The second-order valence-electron chi connectivity index (χ2n) is 2.33. The van der Waals surface area contributed by atoms with E-state index in [4.69, 9.17) is 4.74 Å². The Balaban J connectivity index is 2.61. The molecule has 0 amide bonds. The molecule has 0 saturated carbocycles. The van der Waals surface area contributed by atoms with Crippen molar-refractivity contribution in [2.45, 2.75) is 13.0 Å². The van der Waals surface area contributed by atoms with E-state index in [0.717, 1.165) is 5.56 Å². The third kappa shape index (κ3) is 2.31. The van der Waals surface area contributed by atoms with Crippen LogP contribution in [0.4, 0.5) is 4.39 Å². The summed E-state index contributed by atoms with van der Waals surface area (Å²) in [5, 5.41) is 0. The summed E-state index contributed by atoms with van der Waals surface area (Å²) in [6.07, 6.45) is -0.152. The van der Waals surface area contributed by atoms with Gasteiger partial charge in [-0.05, 0) is 12.5 Å². The van der Waals surface area contributed by atoms with Gasteiger partial charge in [-0.3, -0.25) is 0 Å². The van der Waals surface area contributed by atoms with Crippen molar-refractivity contribution in [1.82, 2.24) is 0 Å². The normalized spacial score (nSPS) is 12.9. The molecule has 0 aliphatic carbocycles. The summed E-state index contributed by atoms with van der Waals surface area (Å²) < 4.78 is 16.5. The van der Waals surface area contributed by atoms with Crippen LogP contribution in [0.2, 0.25) is 0 Å². The fourth-order valence-electron chi connectivity index (χ4n) is 0.915. The first-order valence-corrected chi connectivity index (χ1v) is 3.57. The Morgan fingerprint density at radius 1 is 1.36 bits per heavy atom. The zero-order valence-corrected chi connectivity index (χ0v) is 6.46. The van der Waals surface area contributed by atoms with Gasteiger partial charge in [-0.2, -0.15) is 0 Å². The van der Waals surface area contributed by atoms with Gasteiger partial charge in [-0.25, -0.2) is 4.39 Å². The van der Waals surface area contributed by atoms with Gasteiger partial charge < -0.3 is 4.74 Å². The molecule has 2 heteroatoms. The van der Waals surface area contributed by atoms with Gasteiger partial charge in [0.25, 0.3) is 0 Å². The van der Waals surface area contributed by atoms with Crippen LogP contribution in [0.5, 0.6) is 0 Å². The lowest BCUT2D eigenvalue weighted by molar-refractivity contribution is 0.00429. The van der Waals surface area contributed by atoms with Crippen LogP contribution in [-0.4, -0.2) is 6.86 Å². The van der Waals surface area contributed by atoms with Crippen LogP contribution in [0.25, 0.3) is 0 Å². The Kier molecular flexibility index (Phi) is 3.05. The van der Waals surface area contributed by atoms with Crippen molar-refractivity contribution in [2.75, 3.05) is 6.86 Å². The van der Waals surface area contributed by atoms with E-state index in [1.54, 1.807) is 0 Å². The summed E-state index contributed by atoms with van der Waals surface area (Å²) in [5.74, 6) is 0. The first-order chi connectivity index (χ1) is 5.34. The van der Waals surface area contributed by atoms with Gasteiger partial charge in [0, 0.05) is 0 Å². The highest BCUT2D eigenvalue weighted by molar-refractivity contribution is 5.16. The third-order valence-electron chi connectivity index (χ3n) is 1.58. The maximum atomic E-state index is 11.7. The maximum Gasteiger partial charge on any atom is 0.189 e. The topological polar surface area (TPSA) is 9.23 Å². The van der Waals surface area contributed by atoms with E-state index in [1.165, 1.54) is 0 Å². The van der Waals surface area contributed by atoms with E-state index in [1.807, 2.05) is 37.3 Å². The smallest absolute Gasteiger partial charge is 0.189 e. The van der Waals surface area contributed by atoms with Crippen LogP contribution >= 0.6 is 0 Å². The molecule has 0 aliphatic rings. The summed E-state index contributed by atoms with van der Waals surface area (Å²) in [4.78, 5) is 0. The largest absolute Gasteiger partial charge is 0.343 e. The highest BCUT2D eigenvalue weighted by Crippen LogP contribution is 2.15. The van der Waals surface area contributed by atoms with Crippen LogP contribution in [0.1, 0.15) is 18.6 Å². The third-order valence-corrected chi connectivity index (χ3v) is 1.58. The molecule has 0 N–H and O–H groups in total. The summed E-state index contributed by atoms with van der Waals surface area (Å²) in [7, 11) is 0. The highest BCUT2D eigenvalue weighted by atomic mass is 19.1. The average molecular weight is 154 g/mol. The SMILES string of the molecule is CC(OCF)c1ccccc1. The first-order valence-electron chi connectivity index (χ1n) is 3.57. The van der Waals surface area contributed by atoms with Gasteiger partial charge in [0.1, 0.15) is 0 Å². The van der Waals surface area contributed by atoms with Crippen LogP contribution in [-0.2, 0) is 4.74 Å². The van der Waals surface area contributed by atoms with E-state index < -0.39 is 6.86 Å². The molecule has 0 fully saturated rings. The van der Waals surface area contributed by atoms with E-state index in [-0.39, 0.29) is 6.10 Å². The molecular weight excluding hydrogens is 143 g/mol. The average Bonchev–Trinajstić information content (AvgIpc) is 2.07. The number of hydrogen-bond donors (Lipinski definition) is 0. The second-order valence-corrected chi connectivity index (χ2v) is 2.33. The molecule has 0 aromatic heterocycles. The van der Waals surface area contributed by atoms with Crippen molar-refractivity contribution >= 4 is 0 Å². The fourth-order valence-corrected chi connectivity index (χ4v) is 0.915. The van der Waals surface area contributed by atoms with Gasteiger partial charge in [-0.15, -0.1) is 0 Å². The molecule has 1 unspecified atom stereocenters. The predicted molar refractivity (Wildman–Crippen MR) is 41.9 cm³/mol. The molecule has 1 aromatic carbocycles. The van der Waals surface area contributed by atoms with Crippen LogP contribution < -0.4 is 0 Å². The molecule has 60 valence electrons. The van der Waals surface area contributed by atoms with Crippen LogP contribution in [0.15, 0.2) is 30.3 Å². The van der Waals surface area contributed by atoms with Gasteiger partial charge >= 0.3 is 0 Å². The lowest BCUT2D eigenvalue weighted by atomic mass is 10.1. The van der Waals surface area contributed by atoms with E-state index in [0.29, 0.717) is 0 Å². The lowest BCUT2D eigenvalue weighted by Crippen LogP contribution is -1.97. The van der Waals surface area contributed by atoms with E-state index in [2.05, 4.69) is 0 Å². The van der Waals surface area contributed by atoms with Crippen LogP contribution in [0, 0.1) is 0 Å². The quantitative estimate of drug-likeness (QED) is 0.650. The summed E-state index contributed by atoms with van der Waals surface area (Å²) in [6.45, 7) is 1.10. The van der Waals surface area contributed by atoms with Gasteiger partial charge in [-0.1, -0.05) is 30.3 Å². The molecule has 0 saturated heterocycles. The van der Waals surface area contributed by atoms with Gasteiger partial charge in [0.05, 0.1) is 6.10 Å². The molecule has 0 bridgehead atoms. The minimum absolute atomic E-state index is 0.152. The molecule has 0 spiro atoms.